The number of aliphatic carboxylic acids is 1. The molecular weight excluding hydrogens is 264 g/mol. The number of nitrogens with two attached hydrogens (primary N) is 1. The summed E-state index contributed by atoms with van der Waals surface area (Å²) >= 11 is 0. The second-order valence-electron chi connectivity index (χ2n) is 4.19. The number of sulfonamides is 1. The highest BCUT2D eigenvalue weighted by Crippen LogP contribution is 2.21. The average molecular weight is 280 g/mol. The molecule has 1 unspecified atom stereocenters. The number of hydrogen-bond acceptors (Lipinski definition) is 5. The predicted molar refractivity (Wildman–Crippen MR) is 61.1 cm³/mol. The maximum absolute atomic E-state index is 11.7. The van der Waals surface area contributed by atoms with Gasteiger partial charge in [0.05, 0.1) is 6.10 Å². The van der Waals surface area contributed by atoms with Gasteiger partial charge in [-0.25, -0.2) is 18.4 Å². The van der Waals surface area contributed by atoms with Crippen LogP contribution in [0.3, 0.4) is 0 Å². The fourth-order valence-corrected chi connectivity index (χ4v) is 2.65. The van der Waals surface area contributed by atoms with Gasteiger partial charge in [0.2, 0.25) is 15.9 Å². The van der Waals surface area contributed by atoms with Crippen LogP contribution >= 0.6 is 0 Å². The number of rotatable bonds is 5. The summed E-state index contributed by atoms with van der Waals surface area (Å²) in [6.07, 6.45) is -1.04. The Hall–Kier alpha value is -1.19. The van der Waals surface area contributed by atoms with Crippen LogP contribution in [-0.4, -0.2) is 61.4 Å². The Kier molecular flexibility index (Phi) is 4.30. The van der Waals surface area contributed by atoms with E-state index in [1.165, 1.54) is 14.0 Å². The molecule has 3 atom stereocenters. The number of carbonyl (C=O) groups excluding carboxylic acids is 1. The number of carboxylic acids is 1. The molecule has 1 saturated heterocycles. The molecule has 1 heterocycles. The highest BCUT2D eigenvalue weighted by atomic mass is 32.2. The van der Waals surface area contributed by atoms with E-state index in [9.17, 15) is 18.0 Å². The van der Waals surface area contributed by atoms with E-state index in [0.29, 0.717) is 0 Å². The number of carboxylic acid groups (broad SMARTS) is 1. The summed E-state index contributed by atoms with van der Waals surface area (Å²) in [5.74, 6) is -1.79. The third kappa shape index (κ3) is 2.98. The number of primary sulfonamides is 1. The molecule has 8 nitrogen and oxygen atoms in total. The van der Waals surface area contributed by atoms with Crippen molar-refractivity contribution in [3.63, 3.8) is 0 Å². The molecule has 1 aliphatic rings. The molecule has 1 fully saturated rings. The lowest BCUT2D eigenvalue weighted by molar-refractivity contribution is -0.153. The Morgan fingerprint density at radius 3 is 2.50 bits per heavy atom. The van der Waals surface area contributed by atoms with E-state index >= 15 is 0 Å². The summed E-state index contributed by atoms with van der Waals surface area (Å²) in [7, 11) is -2.54. The van der Waals surface area contributed by atoms with Crippen molar-refractivity contribution in [3.8, 4) is 0 Å². The van der Waals surface area contributed by atoms with Gasteiger partial charge in [-0.1, -0.05) is 0 Å². The fourth-order valence-electron chi connectivity index (χ4n) is 1.90. The third-order valence-electron chi connectivity index (χ3n) is 2.99. The molecule has 0 aromatic rings. The van der Waals surface area contributed by atoms with Gasteiger partial charge in [0, 0.05) is 20.1 Å². The molecule has 0 bridgehead atoms. The van der Waals surface area contributed by atoms with Crippen LogP contribution in [0.2, 0.25) is 0 Å². The molecule has 1 aliphatic heterocycles. The molecule has 1 amide bonds. The molecule has 1 rings (SSSR count). The lowest BCUT2D eigenvalue weighted by Crippen LogP contribution is -2.50. The third-order valence-corrected chi connectivity index (χ3v) is 4.24. The summed E-state index contributed by atoms with van der Waals surface area (Å²) < 4.78 is 27.3. The summed E-state index contributed by atoms with van der Waals surface area (Å²) in [4.78, 5) is 23.8. The zero-order valence-electron chi connectivity index (χ0n) is 10.1. The van der Waals surface area contributed by atoms with Gasteiger partial charge in [-0.2, -0.15) is 0 Å². The first-order valence-corrected chi connectivity index (χ1v) is 6.86. The van der Waals surface area contributed by atoms with Gasteiger partial charge in [0.25, 0.3) is 0 Å². The van der Waals surface area contributed by atoms with Gasteiger partial charge < -0.3 is 14.7 Å². The lowest BCUT2D eigenvalue weighted by Gasteiger charge is -2.28. The van der Waals surface area contributed by atoms with Crippen molar-refractivity contribution in [1.82, 2.24) is 4.90 Å². The molecule has 18 heavy (non-hydrogen) atoms. The zero-order valence-corrected chi connectivity index (χ0v) is 10.9. The standard InChI is InChI=1S/C9H16N2O6S/c1-5(17-2)8(9(13)14)11-4-6(3-7(11)12)18(10,15)16/h5-6,8H,3-4H2,1-2H3,(H,13,14)(H2,10,15,16)/t5-,6?,8+/m1/s1. The number of amides is 1. The molecule has 3 N–H and O–H groups in total. The van der Waals surface area contributed by atoms with Crippen molar-refractivity contribution in [3.05, 3.63) is 0 Å². The first kappa shape index (κ1) is 14.9. The Balaban J connectivity index is 2.95. The normalized spacial score (nSPS) is 24.1. The largest absolute Gasteiger partial charge is 0.480 e. The topological polar surface area (TPSA) is 127 Å². The highest BCUT2D eigenvalue weighted by Gasteiger charge is 2.44. The molecule has 9 heteroatoms. The number of nitrogens with zero attached hydrogens (tertiary/aromatic N) is 1. The maximum Gasteiger partial charge on any atom is 0.329 e. The molecular formula is C9H16N2O6S. The molecule has 0 saturated carbocycles. The second-order valence-corrected chi connectivity index (χ2v) is 6.03. The van der Waals surface area contributed by atoms with Gasteiger partial charge >= 0.3 is 5.97 Å². The Morgan fingerprint density at radius 2 is 2.17 bits per heavy atom. The van der Waals surface area contributed by atoms with Gasteiger partial charge in [-0.3, -0.25) is 4.79 Å². The highest BCUT2D eigenvalue weighted by molar-refractivity contribution is 7.89. The van der Waals surface area contributed by atoms with Crippen molar-refractivity contribution >= 4 is 21.9 Å². The summed E-state index contributed by atoms with van der Waals surface area (Å²) in [6.45, 7) is 1.28. The van der Waals surface area contributed by atoms with Crippen LogP contribution in [0, 0.1) is 0 Å². The predicted octanol–water partition coefficient (Wildman–Crippen LogP) is -1.64. The number of methoxy groups -OCH3 is 1. The van der Waals surface area contributed by atoms with Crippen molar-refractivity contribution in [2.24, 2.45) is 5.14 Å². The van der Waals surface area contributed by atoms with E-state index < -0.39 is 39.3 Å². The molecule has 0 aliphatic carbocycles. The van der Waals surface area contributed by atoms with E-state index in [2.05, 4.69) is 0 Å². The first-order chi connectivity index (χ1) is 8.18. The van der Waals surface area contributed by atoms with Crippen LogP contribution in [0.5, 0.6) is 0 Å². The summed E-state index contributed by atoms with van der Waals surface area (Å²) in [6, 6.07) is -1.21. The molecule has 0 aromatic heterocycles. The van der Waals surface area contributed by atoms with Crippen LogP contribution in [0.1, 0.15) is 13.3 Å². The minimum atomic E-state index is -3.86. The van der Waals surface area contributed by atoms with Crippen molar-refractivity contribution in [2.75, 3.05) is 13.7 Å². The van der Waals surface area contributed by atoms with Gasteiger partial charge in [0.15, 0.2) is 6.04 Å². The van der Waals surface area contributed by atoms with Crippen LogP contribution < -0.4 is 5.14 Å². The monoisotopic (exact) mass is 280 g/mol. The lowest BCUT2D eigenvalue weighted by atomic mass is 10.1. The first-order valence-electron chi connectivity index (χ1n) is 5.25. The molecule has 0 aromatic carbocycles. The fraction of sp³-hybridized carbons (Fsp3) is 0.778. The Bertz CT molecular complexity index is 448. The Labute approximate surface area is 105 Å². The Morgan fingerprint density at radius 1 is 1.61 bits per heavy atom. The molecule has 0 spiro atoms. The number of likely N-dealkylation sites (tertiary alicyclic amines) is 1. The summed E-state index contributed by atoms with van der Waals surface area (Å²) in [5.41, 5.74) is 0. The summed E-state index contributed by atoms with van der Waals surface area (Å²) in [5, 5.41) is 13.0. The van der Waals surface area contributed by atoms with Crippen LogP contribution in [0.15, 0.2) is 0 Å². The number of ether oxygens (including phenoxy) is 1. The van der Waals surface area contributed by atoms with Crippen LogP contribution in [-0.2, 0) is 24.3 Å². The number of hydrogen-bond donors (Lipinski definition) is 2. The number of carbonyl (C=O) groups is 2. The average Bonchev–Trinajstić information content (AvgIpc) is 2.60. The minimum absolute atomic E-state index is 0.220. The second kappa shape index (κ2) is 5.21. The van der Waals surface area contributed by atoms with Gasteiger partial charge in [0.1, 0.15) is 5.25 Å². The SMILES string of the molecule is CO[C@H](C)[C@@H](C(=O)O)N1CC(S(N)(=O)=O)CC1=O. The van der Waals surface area contributed by atoms with Crippen LogP contribution in [0.4, 0.5) is 0 Å². The van der Waals surface area contributed by atoms with Crippen molar-refractivity contribution in [2.45, 2.75) is 30.7 Å². The van der Waals surface area contributed by atoms with Gasteiger partial charge in [-0.05, 0) is 6.92 Å². The van der Waals surface area contributed by atoms with Crippen LogP contribution in [0.25, 0.3) is 0 Å². The van der Waals surface area contributed by atoms with E-state index in [1.807, 2.05) is 0 Å². The van der Waals surface area contributed by atoms with Crippen molar-refractivity contribution < 1.29 is 27.9 Å². The maximum atomic E-state index is 11.7. The minimum Gasteiger partial charge on any atom is -0.480 e. The zero-order chi connectivity index (χ0) is 14.1. The van der Waals surface area contributed by atoms with Crippen molar-refractivity contribution in [1.29, 1.82) is 0 Å². The quantitative estimate of drug-likeness (QED) is 0.622. The van der Waals surface area contributed by atoms with E-state index in [1.54, 1.807) is 0 Å². The van der Waals surface area contributed by atoms with E-state index in [-0.39, 0.29) is 13.0 Å². The smallest absolute Gasteiger partial charge is 0.329 e. The van der Waals surface area contributed by atoms with E-state index in [4.69, 9.17) is 15.0 Å². The molecule has 0 radical (unpaired) electrons. The van der Waals surface area contributed by atoms with E-state index in [0.717, 1.165) is 4.90 Å². The molecule has 104 valence electrons. The van der Waals surface area contributed by atoms with Gasteiger partial charge in [-0.15, -0.1) is 0 Å².